The van der Waals surface area contributed by atoms with Crippen LogP contribution in [0.15, 0.2) is 47.6 Å². The third kappa shape index (κ3) is 4.39. The summed E-state index contributed by atoms with van der Waals surface area (Å²) in [5.41, 5.74) is 1.35. The molecule has 2 heterocycles. The summed E-state index contributed by atoms with van der Waals surface area (Å²) in [5, 5.41) is 11.5. The third-order valence-electron chi connectivity index (χ3n) is 4.42. The predicted octanol–water partition coefficient (Wildman–Crippen LogP) is 1.25. The summed E-state index contributed by atoms with van der Waals surface area (Å²) in [6.07, 6.45) is 3.43. The van der Waals surface area contributed by atoms with Crippen molar-refractivity contribution in [3.63, 3.8) is 0 Å². The number of piperazine rings is 1. The van der Waals surface area contributed by atoms with Crippen LogP contribution < -0.4 is 4.90 Å². The maximum atomic E-state index is 12.7. The Morgan fingerprint density at radius 3 is 2.77 bits per heavy atom. The molecule has 1 amide bonds. The minimum atomic E-state index is -0.420. The molecule has 26 heavy (non-hydrogen) atoms. The quantitative estimate of drug-likeness (QED) is 0.485. The van der Waals surface area contributed by atoms with Crippen LogP contribution in [0.25, 0.3) is 0 Å². The van der Waals surface area contributed by atoms with Crippen molar-refractivity contribution in [3.8, 4) is 0 Å². The molecule has 0 saturated carbocycles. The van der Waals surface area contributed by atoms with Crippen LogP contribution in [0.4, 0.5) is 5.69 Å². The van der Waals surface area contributed by atoms with E-state index in [9.17, 15) is 14.9 Å². The first-order valence-corrected chi connectivity index (χ1v) is 9.44. The third-order valence-corrected chi connectivity index (χ3v) is 5.56. The Morgan fingerprint density at radius 2 is 2.12 bits per heavy atom. The number of rotatable bonds is 5. The average Bonchev–Trinajstić information content (AvgIpc) is 2.67. The second-order valence-corrected chi connectivity index (χ2v) is 7.36. The highest BCUT2D eigenvalue weighted by molar-refractivity contribution is 7.98. The van der Waals surface area contributed by atoms with E-state index < -0.39 is 4.92 Å². The van der Waals surface area contributed by atoms with Crippen molar-refractivity contribution in [1.82, 2.24) is 9.88 Å². The second kappa shape index (κ2) is 8.29. The van der Waals surface area contributed by atoms with Crippen LogP contribution in [0.2, 0.25) is 0 Å². The number of benzene rings is 1. The molecule has 2 aromatic rings. The molecule has 7 nitrogen and oxygen atoms in total. The first-order valence-electron chi connectivity index (χ1n) is 8.45. The summed E-state index contributed by atoms with van der Waals surface area (Å²) in [6, 6.07) is 8.53. The van der Waals surface area contributed by atoms with E-state index in [4.69, 9.17) is 0 Å². The fourth-order valence-electron chi connectivity index (χ4n) is 2.83. The standard InChI is InChI=1S/C18H20N4O3S/c1-20-7-9-21(10-8-20)18(23)15-4-5-17(16(11-15)22(24)25)26-13-14-3-2-6-19-12-14/h2-6,11-12H,7-10,13H2,1H3/p+1. The first-order chi connectivity index (χ1) is 12.5. The zero-order valence-corrected chi connectivity index (χ0v) is 15.4. The molecule has 3 rings (SSSR count). The Labute approximate surface area is 156 Å². The molecular weight excluding hydrogens is 352 g/mol. The highest BCUT2D eigenvalue weighted by Gasteiger charge is 2.25. The van der Waals surface area contributed by atoms with Crippen molar-refractivity contribution >= 4 is 23.4 Å². The zero-order valence-electron chi connectivity index (χ0n) is 14.6. The lowest BCUT2D eigenvalue weighted by Gasteiger charge is -2.30. The molecule has 0 aliphatic carbocycles. The number of quaternary nitrogens is 1. The van der Waals surface area contributed by atoms with Gasteiger partial charge in [-0.1, -0.05) is 6.07 Å². The van der Waals surface area contributed by atoms with Gasteiger partial charge in [0, 0.05) is 29.8 Å². The van der Waals surface area contributed by atoms with Crippen molar-refractivity contribution in [1.29, 1.82) is 0 Å². The molecule has 1 saturated heterocycles. The molecule has 1 aromatic heterocycles. The van der Waals surface area contributed by atoms with Crippen LogP contribution in [0.3, 0.4) is 0 Å². The summed E-state index contributed by atoms with van der Waals surface area (Å²) < 4.78 is 0. The molecule has 0 atom stereocenters. The molecular formula is C18H21N4O3S+. The van der Waals surface area contributed by atoms with Crippen molar-refractivity contribution in [2.24, 2.45) is 0 Å². The van der Waals surface area contributed by atoms with E-state index >= 15 is 0 Å². The van der Waals surface area contributed by atoms with Crippen LogP contribution in [-0.4, -0.2) is 53.9 Å². The lowest BCUT2D eigenvalue weighted by Crippen LogP contribution is -3.12. The highest BCUT2D eigenvalue weighted by Crippen LogP contribution is 2.32. The molecule has 1 aliphatic rings. The number of pyridine rings is 1. The molecule has 0 bridgehead atoms. The topological polar surface area (TPSA) is 80.8 Å². The maximum Gasteiger partial charge on any atom is 0.283 e. The van der Waals surface area contributed by atoms with Gasteiger partial charge in [-0.3, -0.25) is 19.9 Å². The summed E-state index contributed by atoms with van der Waals surface area (Å²) in [7, 11) is 2.10. The van der Waals surface area contributed by atoms with Crippen LogP contribution in [0.1, 0.15) is 15.9 Å². The molecule has 1 aliphatic heterocycles. The van der Waals surface area contributed by atoms with Gasteiger partial charge in [-0.05, 0) is 23.8 Å². The minimum Gasteiger partial charge on any atom is -0.334 e. The Balaban J connectivity index is 1.76. The minimum absolute atomic E-state index is 0.0236. The smallest absolute Gasteiger partial charge is 0.283 e. The lowest BCUT2D eigenvalue weighted by molar-refractivity contribution is -0.883. The van der Waals surface area contributed by atoms with Crippen molar-refractivity contribution in [3.05, 3.63) is 64.0 Å². The summed E-state index contributed by atoms with van der Waals surface area (Å²) in [5.74, 6) is 0.452. The monoisotopic (exact) mass is 373 g/mol. The molecule has 0 radical (unpaired) electrons. The molecule has 0 spiro atoms. The molecule has 0 unspecified atom stereocenters. The first kappa shape index (κ1) is 18.3. The van der Waals surface area contributed by atoms with Gasteiger partial charge in [-0.15, -0.1) is 11.8 Å². The Kier molecular flexibility index (Phi) is 5.85. The summed E-state index contributed by atoms with van der Waals surface area (Å²) in [4.78, 5) is 31.5. The Morgan fingerprint density at radius 1 is 1.35 bits per heavy atom. The lowest BCUT2D eigenvalue weighted by atomic mass is 10.1. The Bertz CT molecular complexity index is 792. The van der Waals surface area contributed by atoms with Gasteiger partial charge in [-0.25, -0.2) is 0 Å². The van der Waals surface area contributed by atoms with Gasteiger partial charge in [0.15, 0.2) is 0 Å². The molecule has 1 aromatic carbocycles. The van der Waals surface area contributed by atoms with E-state index in [0.717, 1.165) is 18.7 Å². The number of nitro groups is 1. The number of carbonyl (C=O) groups excluding carboxylic acids is 1. The number of nitro benzene ring substituents is 1. The number of likely N-dealkylation sites (N-methyl/N-ethyl adjacent to an activating group) is 1. The SMILES string of the molecule is C[NH+]1CCN(C(=O)c2ccc(SCc3cccnc3)c([N+](=O)[O-])c2)CC1. The van der Waals surface area contributed by atoms with Gasteiger partial charge < -0.3 is 9.80 Å². The number of carbonyl (C=O) groups is 1. The van der Waals surface area contributed by atoms with Crippen molar-refractivity contribution < 1.29 is 14.6 Å². The Hall–Kier alpha value is -2.45. The molecule has 8 heteroatoms. The fraction of sp³-hybridized carbons (Fsp3) is 0.333. The van der Waals surface area contributed by atoms with Crippen molar-refractivity contribution in [2.45, 2.75) is 10.6 Å². The van der Waals surface area contributed by atoms with Gasteiger partial charge >= 0.3 is 0 Å². The fourth-order valence-corrected chi connectivity index (χ4v) is 3.77. The van der Waals surface area contributed by atoms with Crippen LogP contribution in [0, 0.1) is 10.1 Å². The number of hydrogen-bond acceptors (Lipinski definition) is 5. The highest BCUT2D eigenvalue weighted by atomic mass is 32.2. The number of amides is 1. The van der Waals surface area contributed by atoms with E-state index in [1.165, 1.54) is 22.7 Å². The number of nitrogens with zero attached hydrogens (tertiary/aromatic N) is 3. The van der Waals surface area contributed by atoms with Gasteiger partial charge in [-0.2, -0.15) is 0 Å². The van der Waals surface area contributed by atoms with Gasteiger partial charge in [0.1, 0.15) is 0 Å². The number of thioether (sulfide) groups is 1. The van der Waals surface area contributed by atoms with Gasteiger partial charge in [0.05, 0.1) is 43.0 Å². The maximum absolute atomic E-state index is 12.7. The van der Waals surface area contributed by atoms with E-state index in [1.54, 1.807) is 29.4 Å². The number of nitrogens with one attached hydrogen (secondary N) is 1. The summed E-state index contributed by atoms with van der Waals surface area (Å²) in [6.45, 7) is 3.14. The number of aromatic nitrogens is 1. The molecule has 136 valence electrons. The average molecular weight is 373 g/mol. The van der Waals surface area contributed by atoms with Crippen LogP contribution in [-0.2, 0) is 5.75 Å². The second-order valence-electron chi connectivity index (χ2n) is 6.34. The van der Waals surface area contributed by atoms with Gasteiger partial charge in [0.25, 0.3) is 11.6 Å². The van der Waals surface area contributed by atoms with Crippen LogP contribution >= 0.6 is 11.8 Å². The number of hydrogen-bond donors (Lipinski definition) is 1. The largest absolute Gasteiger partial charge is 0.334 e. The predicted molar refractivity (Wildman–Crippen MR) is 99.4 cm³/mol. The van der Waals surface area contributed by atoms with E-state index in [1.807, 2.05) is 12.1 Å². The van der Waals surface area contributed by atoms with Crippen molar-refractivity contribution in [2.75, 3.05) is 33.2 Å². The van der Waals surface area contributed by atoms with E-state index in [-0.39, 0.29) is 11.6 Å². The van der Waals surface area contributed by atoms with Crippen LogP contribution in [0.5, 0.6) is 0 Å². The summed E-state index contributed by atoms with van der Waals surface area (Å²) >= 11 is 1.37. The zero-order chi connectivity index (χ0) is 18.5. The van der Waals surface area contributed by atoms with E-state index in [0.29, 0.717) is 29.3 Å². The molecule has 1 fully saturated rings. The van der Waals surface area contributed by atoms with Gasteiger partial charge in [0.2, 0.25) is 0 Å². The van der Waals surface area contributed by atoms with E-state index in [2.05, 4.69) is 12.0 Å². The molecule has 1 N–H and O–H groups in total. The normalized spacial score (nSPS) is 15.0.